The Morgan fingerprint density at radius 3 is 2.46 bits per heavy atom. The van der Waals surface area contributed by atoms with Crippen LogP contribution in [0.1, 0.15) is 24.0 Å². The Bertz CT molecular complexity index is 756. The van der Waals surface area contributed by atoms with Crippen LogP contribution in [0.4, 0.5) is 0 Å². The molecule has 0 saturated carbocycles. The molecule has 0 atom stereocenters. The van der Waals surface area contributed by atoms with Gasteiger partial charge in [-0.05, 0) is 36.6 Å². The lowest BCUT2D eigenvalue weighted by atomic mass is 9.84. The van der Waals surface area contributed by atoms with Gasteiger partial charge >= 0.3 is 0 Å². The van der Waals surface area contributed by atoms with Crippen molar-refractivity contribution < 1.29 is 14.6 Å². The second-order valence-corrected chi connectivity index (χ2v) is 6.64. The van der Waals surface area contributed by atoms with Gasteiger partial charge in [0.05, 0.1) is 12.7 Å². The van der Waals surface area contributed by atoms with Crippen LogP contribution in [0.15, 0.2) is 48.5 Å². The molecule has 3 rings (SSSR count). The number of piperidine rings is 1. The summed E-state index contributed by atoms with van der Waals surface area (Å²) in [4.78, 5) is 2.36. The van der Waals surface area contributed by atoms with Crippen LogP contribution >= 0.6 is 0 Å². The van der Waals surface area contributed by atoms with Crippen LogP contribution in [0.3, 0.4) is 0 Å². The molecule has 1 fully saturated rings. The number of benzene rings is 2. The second kappa shape index (κ2) is 8.27. The molecule has 2 aromatic carbocycles. The van der Waals surface area contributed by atoms with Crippen molar-refractivity contribution >= 4 is 0 Å². The zero-order valence-corrected chi connectivity index (χ0v) is 15.1. The highest BCUT2D eigenvalue weighted by molar-refractivity contribution is 5.38. The number of methoxy groups -OCH3 is 1. The van der Waals surface area contributed by atoms with E-state index in [1.54, 1.807) is 7.11 Å². The third-order valence-electron chi connectivity index (χ3n) is 4.94. The lowest BCUT2D eigenvalue weighted by molar-refractivity contribution is -0.0292. The zero-order chi connectivity index (χ0) is 18.4. The molecule has 26 heavy (non-hydrogen) atoms. The highest BCUT2D eigenvalue weighted by atomic mass is 16.5. The Labute approximate surface area is 155 Å². The quantitative estimate of drug-likeness (QED) is 0.812. The molecular formula is C22H25NO3. The highest BCUT2D eigenvalue weighted by Gasteiger charge is 2.35. The first-order chi connectivity index (χ1) is 12.6. The number of ether oxygens (including phenoxy) is 2. The topological polar surface area (TPSA) is 41.9 Å². The molecule has 1 saturated heterocycles. The molecule has 0 unspecified atom stereocenters. The van der Waals surface area contributed by atoms with Gasteiger partial charge in [-0.25, -0.2) is 0 Å². The van der Waals surface area contributed by atoms with Gasteiger partial charge in [0.2, 0.25) is 0 Å². The van der Waals surface area contributed by atoms with Gasteiger partial charge < -0.3 is 14.6 Å². The zero-order valence-electron chi connectivity index (χ0n) is 15.1. The molecule has 4 nitrogen and oxygen atoms in total. The molecular weight excluding hydrogens is 326 g/mol. The number of hydrogen-bond acceptors (Lipinski definition) is 4. The van der Waals surface area contributed by atoms with E-state index >= 15 is 0 Å². The van der Waals surface area contributed by atoms with Gasteiger partial charge in [0.25, 0.3) is 0 Å². The number of likely N-dealkylation sites (tertiary alicyclic amines) is 1. The number of nitrogens with zero attached hydrogens (tertiary/aromatic N) is 1. The number of rotatable bonds is 6. The van der Waals surface area contributed by atoms with Gasteiger partial charge in [0.1, 0.15) is 18.1 Å². The van der Waals surface area contributed by atoms with E-state index in [0.29, 0.717) is 12.8 Å². The second-order valence-electron chi connectivity index (χ2n) is 6.64. The summed E-state index contributed by atoms with van der Waals surface area (Å²) in [5, 5.41) is 11.1. The Balaban J connectivity index is 1.59. The average molecular weight is 351 g/mol. The van der Waals surface area contributed by atoms with E-state index in [2.05, 4.69) is 23.0 Å². The maximum Gasteiger partial charge on any atom is 0.148 e. The first kappa shape index (κ1) is 18.3. The number of para-hydroxylation sites is 1. The molecule has 0 aliphatic carbocycles. The van der Waals surface area contributed by atoms with Crippen molar-refractivity contribution in [1.82, 2.24) is 4.90 Å². The molecule has 1 aliphatic rings. The van der Waals surface area contributed by atoms with Gasteiger partial charge in [-0.1, -0.05) is 36.3 Å². The van der Waals surface area contributed by atoms with E-state index in [-0.39, 0.29) is 6.61 Å². The Morgan fingerprint density at radius 1 is 1.12 bits per heavy atom. The van der Waals surface area contributed by atoms with E-state index in [4.69, 9.17) is 15.9 Å². The normalized spacial score (nSPS) is 16.7. The first-order valence-corrected chi connectivity index (χ1v) is 8.88. The number of aliphatic hydroxyl groups is 1. The summed E-state index contributed by atoms with van der Waals surface area (Å²) in [6.45, 7) is 2.82. The molecule has 2 aromatic rings. The van der Waals surface area contributed by atoms with Gasteiger partial charge in [0, 0.05) is 25.2 Å². The van der Waals surface area contributed by atoms with E-state index in [1.165, 1.54) is 5.56 Å². The molecule has 1 aliphatic heterocycles. The molecule has 4 heteroatoms. The van der Waals surface area contributed by atoms with E-state index in [9.17, 15) is 5.11 Å². The smallest absolute Gasteiger partial charge is 0.148 e. The summed E-state index contributed by atoms with van der Waals surface area (Å²) in [5.41, 5.74) is 1.29. The van der Waals surface area contributed by atoms with E-state index in [1.807, 2.05) is 36.4 Å². The van der Waals surface area contributed by atoms with Crippen molar-refractivity contribution in [2.45, 2.75) is 25.0 Å². The minimum absolute atomic E-state index is 0.285. The summed E-state index contributed by atoms with van der Waals surface area (Å²) in [6.07, 6.45) is 6.58. The van der Waals surface area contributed by atoms with Gasteiger partial charge in [-0.2, -0.15) is 0 Å². The van der Waals surface area contributed by atoms with Gasteiger partial charge in [0.15, 0.2) is 0 Å². The largest absolute Gasteiger partial charge is 0.496 e. The fourth-order valence-electron chi connectivity index (χ4n) is 3.45. The third kappa shape index (κ3) is 4.19. The highest BCUT2D eigenvalue weighted by Crippen LogP contribution is 2.38. The maximum atomic E-state index is 11.1. The summed E-state index contributed by atoms with van der Waals surface area (Å²) < 4.78 is 10.8. The molecule has 0 bridgehead atoms. The molecule has 1 N–H and O–H groups in total. The Kier molecular flexibility index (Phi) is 5.82. The SMILES string of the molecule is C#CCOc1ccc(CN2CCC(O)(c3ccccc3OC)CC2)cc1. The fourth-order valence-corrected chi connectivity index (χ4v) is 3.45. The third-order valence-corrected chi connectivity index (χ3v) is 4.94. The Hall–Kier alpha value is -2.48. The summed E-state index contributed by atoms with van der Waals surface area (Å²) in [6, 6.07) is 15.8. The minimum atomic E-state index is -0.823. The van der Waals surface area contributed by atoms with Gasteiger partial charge in [-0.15, -0.1) is 6.42 Å². The predicted octanol–water partition coefficient (Wildman–Crippen LogP) is 3.19. The molecule has 136 valence electrons. The van der Waals surface area contributed by atoms with E-state index < -0.39 is 5.60 Å². The van der Waals surface area contributed by atoms with Crippen LogP contribution in [0.2, 0.25) is 0 Å². The monoisotopic (exact) mass is 351 g/mol. The van der Waals surface area contributed by atoms with Crippen LogP contribution in [0.5, 0.6) is 11.5 Å². The van der Waals surface area contributed by atoms with Crippen LogP contribution in [0, 0.1) is 12.3 Å². The number of terminal acetylenes is 1. The molecule has 0 radical (unpaired) electrons. The summed E-state index contributed by atoms with van der Waals surface area (Å²) >= 11 is 0. The standard InChI is InChI=1S/C22H25NO3/c1-3-16-26-19-10-8-18(9-11-19)17-23-14-12-22(24,13-15-23)20-6-4-5-7-21(20)25-2/h1,4-11,24H,12-17H2,2H3. The Morgan fingerprint density at radius 2 is 1.81 bits per heavy atom. The lowest BCUT2D eigenvalue weighted by Gasteiger charge is -2.39. The van der Waals surface area contributed by atoms with Crippen LogP contribution in [-0.4, -0.2) is 36.8 Å². The van der Waals surface area contributed by atoms with Crippen molar-refractivity contribution in [2.75, 3.05) is 26.8 Å². The van der Waals surface area contributed by atoms with Crippen molar-refractivity contribution in [1.29, 1.82) is 0 Å². The maximum absolute atomic E-state index is 11.1. The minimum Gasteiger partial charge on any atom is -0.496 e. The van der Waals surface area contributed by atoms with Crippen molar-refractivity contribution in [2.24, 2.45) is 0 Å². The molecule has 0 amide bonds. The van der Waals surface area contributed by atoms with Gasteiger partial charge in [-0.3, -0.25) is 4.90 Å². The summed E-state index contributed by atoms with van der Waals surface area (Å²) in [7, 11) is 1.65. The molecule has 1 heterocycles. The number of hydrogen-bond donors (Lipinski definition) is 1. The molecule has 0 aromatic heterocycles. The summed E-state index contributed by atoms with van der Waals surface area (Å²) in [5.74, 6) is 4.01. The van der Waals surface area contributed by atoms with Crippen molar-refractivity contribution in [3.63, 3.8) is 0 Å². The molecule has 0 spiro atoms. The van der Waals surface area contributed by atoms with E-state index in [0.717, 1.165) is 36.7 Å². The van der Waals surface area contributed by atoms with Crippen molar-refractivity contribution in [3.8, 4) is 23.8 Å². The first-order valence-electron chi connectivity index (χ1n) is 8.88. The fraction of sp³-hybridized carbons (Fsp3) is 0.364. The van der Waals surface area contributed by atoms with Crippen LogP contribution in [0.25, 0.3) is 0 Å². The van der Waals surface area contributed by atoms with Crippen molar-refractivity contribution in [3.05, 3.63) is 59.7 Å². The van der Waals surface area contributed by atoms with Crippen LogP contribution in [-0.2, 0) is 12.1 Å². The lowest BCUT2D eigenvalue weighted by Crippen LogP contribution is -2.42. The van der Waals surface area contributed by atoms with Crippen LogP contribution < -0.4 is 9.47 Å². The average Bonchev–Trinajstić information content (AvgIpc) is 2.69. The predicted molar refractivity (Wildman–Crippen MR) is 102 cm³/mol.